The third kappa shape index (κ3) is 1.17. The van der Waals surface area contributed by atoms with Crippen molar-refractivity contribution in [2.24, 2.45) is 0 Å². The highest BCUT2D eigenvalue weighted by Crippen LogP contribution is 2.53. The van der Waals surface area contributed by atoms with E-state index in [1.165, 1.54) is 0 Å². The van der Waals surface area contributed by atoms with Crippen molar-refractivity contribution in [3.63, 3.8) is 0 Å². The molecule has 1 aliphatic carbocycles. The van der Waals surface area contributed by atoms with Crippen LogP contribution in [0.4, 0.5) is 4.39 Å². The Morgan fingerprint density at radius 2 is 2.27 bits per heavy atom. The molecule has 1 aliphatic heterocycles. The number of rotatable bonds is 0. The Labute approximate surface area is 95.0 Å². The number of alkyl halides is 1. The number of carbonyl (C=O) groups excluding carboxylic acids is 1. The van der Waals surface area contributed by atoms with Crippen LogP contribution >= 0.6 is 15.9 Å². The summed E-state index contributed by atoms with van der Waals surface area (Å²) in [4.78, 5) is 11.6. The van der Waals surface area contributed by atoms with E-state index in [2.05, 4.69) is 21.2 Å². The molecule has 2 nitrogen and oxygen atoms in total. The molecule has 2 aliphatic rings. The van der Waals surface area contributed by atoms with Crippen molar-refractivity contribution >= 4 is 21.8 Å². The molecule has 0 saturated heterocycles. The number of carbonyl (C=O) groups is 1. The van der Waals surface area contributed by atoms with Crippen molar-refractivity contribution in [2.45, 2.75) is 18.0 Å². The molecule has 1 amide bonds. The summed E-state index contributed by atoms with van der Waals surface area (Å²) in [5, 5.41) is 2.75. The molecule has 0 radical (unpaired) electrons. The molecule has 1 heterocycles. The van der Waals surface area contributed by atoms with Gasteiger partial charge in [-0.05, 0) is 30.2 Å². The van der Waals surface area contributed by atoms with Crippen LogP contribution in [0.25, 0.3) is 0 Å². The van der Waals surface area contributed by atoms with Gasteiger partial charge in [0.05, 0.1) is 0 Å². The highest BCUT2D eigenvalue weighted by atomic mass is 79.9. The van der Waals surface area contributed by atoms with Gasteiger partial charge in [0, 0.05) is 22.0 Å². The standard InChI is InChI=1S/C11H9BrFNO/c12-6-1-2-7-8(3-6)11(4-9(11)13)5-14-10(7)15/h1-3,9H,4-5H2,(H,14,15)/t9-,11?/m1/s1. The second-order valence-electron chi connectivity index (χ2n) is 4.20. The fraction of sp³-hybridized carbons (Fsp3) is 0.364. The second kappa shape index (κ2) is 2.82. The third-order valence-corrected chi connectivity index (χ3v) is 3.80. The van der Waals surface area contributed by atoms with E-state index in [0.717, 1.165) is 10.0 Å². The van der Waals surface area contributed by atoms with Crippen molar-refractivity contribution < 1.29 is 9.18 Å². The SMILES string of the molecule is O=C1NCC2(C[C@H]2F)c2cc(Br)ccc21. The van der Waals surface area contributed by atoms with Crippen molar-refractivity contribution in [2.75, 3.05) is 6.54 Å². The van der Waals surface area contributed by atoms with Crippen molar-refractivity contribution in [1.29, 1.82) is 0 Å². The van der Waals surface area contributed by atoms with Gasteiger partial charge in [0.25, 0.3) is 5.91 Å². The summed E-state index contributed by atoms with van der Waals surface area (Å²) in [5.41, 5.74) is 1.03. The van der Waals surface area contributed by atoms with Gasteiger partial charge in [-0.15, -0.1) is 0 Å². The predicted molar refractivity (Wildman–Crippen MR) is 57.7 cm³/mol. The van der Waals surface area contributed by atoms with Gasteiger partial charge in [-0.3, -0.25) is 4.79 Å². The minimum atomic E-state index is -0.814. The van der Waals surface area contributed by atoms with Gasteiger partial charge < -0.3 is 5.32 Å². The monoisotopic (exact) mass is 269 g/mol. The first kappa shape index (κ1) is 9.33. The molecule has 0 aromatic heterocycles. The quantitative estimate of drug-likeness (QED) is 0.769. The number of hydrogen-bond donors (Lipinski definition) is 1. The maximum Gasteiger partial charge on any atom is 0.251 e. The average Bonchev–Trinajstić information content (AvgIpc) is 2.85. The van der Waals surface area contributed by atoms with Gasteiger partial charge >= 0.3 is 0 Å². The topological polar surface area (TPSA) is 29.1 Å². The Hall–Kier alpha value is -0.900. The highest BCUT2D eigenvalue weighted by molar-refractivity contribution is 9.10. The lowest BCUT2D eigenvalue weighted by Crippen LogP contribution is -2.40. The fourth-order valence-electron chi connectivity index (χ4n) is 2.28. The fourth-order valence-corrected chi connectivity index (χ4v) is 2.64. The van der Waals surface area contributed by atoms with Crippen molar-refractivity contribution in [3.8, 4) is 0 Å². The summed E-state index contributed by atoms with van der Waals surface area (Å²) < 4.78 is 14.3. The Bertz CT molecular complexity index is 462. The summed E-state index contributed by atoms with van der Waals surface area (Å²) in [7, 11) is 0. The molecule has 4 heteroatoms. The van der Waals surface area contributed by atoms with Crippen LogP contribution in [0.3, 0.4) is 0 Å². The smallest absolute Gasteiger partial charge is 0.251 e. The van der Waals surface area contributed by atoms with Gasteiger partial charge in [0.15, 0.2) is 0 Å². The lowest BCUT2D eigenvalue weighted by atomic mass is 9.87. The molecule has 1 aromatic rings. The number of benzene rings is 1. The van der Waals surface area contributed by atoms with Gasteiger partial charge in [0.2, 0.25) is 0 Å². The van der Waals surface area contributed by atoms with E-state index in [0.29, 0.717) is 18.5 Å². The van der Waals surface area contributed by atoms with Crippen molar-refractivity contribution in [3.05, 3.63) is 33.8 Å². The first-order valence-corrected chi connectivity index (χ1v) is 5.65. The van der Waals surface area contributed by atoms with E-state index in [4.69, 9.17) is 0 Å². The van der Waals surface area contributed by atoms with E-state index < -0.39 is 11.6 Å². The molecule has 3 rings (SSSR count). The Morgan fingerprint density at radius 1 is 1.53 bits per heavy atom. The average molecular weight is 270 g/mol. The van der Waals surface area contributed by atoms with Crippen LogP contribution in [0.2, 0.25) is 0 Å². The third-order valence-electron chi connectivity index (χ3n) is 3.31. The zero-order valence-corrected chi connectivity index (χ0v) is 9.47. The molecule has 1 unspecified atom stereocenters. The van der Waals surface area contributed by atoms with Crippen LogP contribution in [0.15, 0.2) is 22.7 Å². The zero-order valence-electron chi connectivity index (χ0n) is 7.89. The minimum absolute atomic E-state index is 0.0952. The van der Waals surface area contributed by atoms with Gasteiger partial charge in [-0.2, -0.15) is 0 Å². The molecule has 1 fully saturated rings. The van der Waals surface area contributed by atoms with E-state index in [9.17, 15) is 9.18 Å². The number of halogens is 2. The van der Waals surface area contributed by atoms with E-state index in [-0.39, 0.29) is 5.91 Å². The molecule has 78 valence electrons. The Kier molecular flexibility index (Phi) is 1.75. The number of hydrogen-bond acceptors (Lipinski definition) is 1. The highest BCUT2D eigenvalue weighted by Gasteiger charge is 2.59. The van der Waals surface area contributed by atoms with Crippen LogP contribution in [0, 0.1) is 0 Å². The van der Waals surface area contributed by atoms with Crippen LogP contribution < -0.4 is 5.32 Å². The predicted octanol–water partition coefficient (Wildman–Crippen LogP) is 2.17. The molecular weight excluding hydrogens is 261 g/mol. The molecule has 1 N–H and O–H groups in total. The molecule has 2 atom stereocenters. The lowest BCUT2D eigenvalue weighted by molar-refractivity contribution is 0.0935. The zero-order chi connectivity index (χ0) is 10.6. The number of amides is 1. The van der Waals surface area contributed by atoms with Gasteiger partial charge in [0.1, 0.15) is 6.17 Å². The molecule has 0 bridgehead atoms. The maximum atomic E-state index is 13.4. The number of fused-ring (bicyclic) bond motifs is 2. The second-order valence-corrected chi connectivity index (χ2v) is 5.12. The summed E-state index contributed by atoms with van der Waals surface area (Å²) in [6.07, 6.45) is -0.289. The Balaban J connectivity index is 2.20. The summed E-state index contributed by atoms with van der Waals surface area (Å²) in [6.45, 7) is 0.427. The summed E-state index contributed by atoms with van der Waals surface area (Å²) >= 11 is 3.36. The Morgan fingerprint density at radius 3 is 2.93 bits per heavy atom. The molecule has 1 saturated carbocycles. The summed E-state index contributed by atoms with van der Waals surface area (Å²) in [5.74, 6) is -0.0952. The molecular formula is C11H9BrFNO. The first-order valence-electron chi connectivity index (χ1n) is 4.86. The van der Waals surface area contributed by atoms with Crippen LogP contribution in [0.1, 0.15) is 22.3 Å². The van der Waals surface area contributed by atoms with Crippen LogP contribution in [-0.4, -0.2) is 18.6 Å². The van der Waals surface area contributed by atoms with Crippen LogP contribution in [-0.2, 0) is 5.41 Å². The summed E-state index contributed by atoms with van der Waals surface area (Å²) in [6, 6.07) is 5.43. The first-order chi connectivity index (χ1) is 7.13. The van der Waals surface area contributed by atoms with Crippen molar-refractivity contribution in [1.82, 2.24) is 5.32 Å². The van der Waals surface area contributed by atoms with E-state index in [1.807, 2.05) is 12.1 Å². The normalized spacial score (nSPS) is 32.4. The molecule has 1 spiro atoms. The van der Waals surface area contributed by atoms with E-state index in [1.54, 1.807) is 6.07 Å². The maximum absolute atomic E-state index is 13.4. The number of nitrogens with one attached hydrogen (secondary N) is 1. The molecule has 15 heavy (non-hydrogen) atoms. The van der Waals surface area contributed by atoms with Gasteiger partial charge in [-0.25, -0.2) is 4.39 Å². The van der Waals surface area contributed by atoms with E-state index >= 15 is 0 Å². The lowest BCUT2D eigenvalue weighted by Gasteiger charge is -2.25. The molecule has 1 aromatic carbocycles. The largest absolute Gasteiger partial charge is 0.351 e. The van der Waals surface area contributed by atoms with Gasteiger partial charge in [-0.1, -0.05) is 15.9 Å². The van der Waals surface area contributed by atoms with Crippen LogP contribution in [0.5, 0.6) is 0 Å². The minimum Gasteiger partial charge on any atom is -0.351 e.